The highest BCUT2D eigenvalue weighted by molar-refractivity contribution is 6.32. The summed E-state index contributed by atoms with van der Waals surface area (Å²) in [7, 11) is 1.49. The number of esters is 1. The number of benzene rings is 3. The number of methoxy groups -OCH3 is 1. The molecule has 0 fully saturated rings. The predicted molar refractivity (Wildman–Crippen MR) is 119 cm³/mol. The Kier molecular flexibility index (Phi) is 6.56. The van der Waals surface area contributed by atoms with Gasteiger partial charge in [-0.05, 0) is 55.0 Å². The Bertz CT molecular complexity index is 1410. The minimum absolute atomic E-state index is 0.0149. The maximum atomic E-state index is 14.2. The Morgan fingerprint density at radius 2 is 1.36 bits per heavy atom. The second kappa shape index (κ2) is 9.61. The molecule has 1 heterocycles. The van der Waals surface area contributed by atoms with Gasteiger partial charge in [0.05, 0.1) is 24.0 Å². The van der Waals surface area contributed by atoms with Crippen LogP contribution in [0.2, 0.25) is 0 Å². The summed E-state index contributed by atoms with van der Waals surface area (Å²) in [5.74, 6) is -12.0. The van der Waals surface area contributed by atoms with Crippen LogP contribution in [0.4, 0.5) is 27.6 Å². The number of hydrazone groups is 1. The van der Waals surface area contributed by atoms with Crippen molar-refractivity contribution >= 4 is 29.4 Å². The average molecular weight is 502 g/mol. The third-order valence-electron chi connectivity index (χ3n) is 5.19. The summed E-state index contributed by atoms with van der Waals surface area (Å²) < 4.78 is 79.2. The molecule has 6 nitrogen and oxygen atoms in total. The molecule has 1 aliphatic heterocycles. The van der Waals surface area contributed by atoms with Gasteiger partial charge in [-0.15, -0.1) is 0 Å². The van der Waals surface area contributed by atoms with Gasteiger partial charge in [-0.2, -0.15) is 10.1 Å². The molecular formula is C25H15F5N2O4. The smallest absolute Gasteiger partial charge is 0.343 e. The van der Waals surface area contributed by atoms with Gasteiger partial charge in [-0.3, -0.25) is 4.79 Å². The summed E-state index contributed by atoms with van der Waals surface area (Å²) in [5, 5.41) is 3.80. The fourth-order valence-electron chi connectivity index (χ4n) is 3.31. The lowest BCUT2D eigenvalue weighted by Crippen LogP contribution is -2.25. The molecule has 0 radical (unpaired) electrons. The van der Waals surface area contributed by atoms with Gasteiger partial charge in [0.2, 0.25) is 5.82 Å². The molecule has 0 aromatic heterocycles. The Morgan fingerprint density at radius 3 is 1.92 bits per heavy atom. The van der Waals surface area contributed by atoms with Crippen LogP contribution in [0.3, 0.4) is 0 Å². The standard InChI is InChI=1S/C25H15F5N2O4/c1-12-17(24(33)32(31-12)23-21(29)19(27)18(26)20(28)22(23)30)11-13-3-7-16(8-4-13)36-25(34)14-5-9-15(35-2)10-6-14/h3-11H,1-2H3/b17-11-. The van der Waals surface area contributed by atoms with Crippen LogP contribution < -0.4 is 14.5 Å². The highest BCUT2D eigenvalue weighted by Crippen LogP contribution is 2.34. The highest BCUT2D eigenvalue weighted by Gasteiger charge is 2.37. The third-order valence-corrected chi connectivity index (χ3v) is 5.19. The number of carbonyl (C=O) groups excluding carboxylic acids is 2. The fraction of sp³-hybridized carbons (Fsp3) is 0.0800. The van der Waals surface area contributed by atoms with Crippen molar-refractivity contribution in [3.63, 3.8) is 0 Å². The number of ether oxygens (including phenoxy) is 2. The third kappa shape index (κ3) is 4.42. The first-order valence-electron chi connectivity index (χ1n) is 10.2. The van der Waals surface area contributed by atoms with Crippen molar-refractivity contribution in [2.75, 3.05) is 12.1 Å². The van der Waals surface area contributed by atoms with Gasteiger partial charge in [0.25, 0.3) is 5.91 Å². The van der Waals surface area contributed by atoms with Crippen LogP contribution in [0.15, 0.2) is 59.2 Å². The molecule has 0 atom stereocenters. The number of hydrogen-bond donors (Lipinski definition) is 0. The van der Waals surface area contributed by atoms with Crippen LogP contribution in [0.1, 0.15) is 22.8 Å². The maximum Gasteiger partial charge on any atom is 0.343 e. The van der Waals surface area contributed by atoms with E-state index in [-0.39, 0.29) is 22.0 Å². The van der Waals surface area contributed by atoms with Crippen LogP contribution in [-0.2, 0) is 4.79 Å². The zero-order valence-corrected chi connectivity index (χ0v) is 18.6. The van der Waals surface area contributed by atoms with Gasteiger partial charge in [-0.25, -0.2) is 26.7 Å². The van der Waals surface area contributed by atoms with E-state index in [2.05, 4.69) is 5.10 Å². The monoisotopic (exact) mass is 502 g/mol. The van der Waals surface area contributed by atoms with E-state index in [1.165, 1.54) is 56.5 Å². The van der Waals surface area contributed by atoms with E-state index in [1.807, 2.05) is 0 Å². The minimum atomic E-state index is -2.34. The number of carbonyl (C=O) groups is 2. The number of halogens is 5. The summed E-state index contributed by atoms with van der Waals surface area (Å²) in [6, 6.07) is 12.1. The first kappa shape index (κ1) is 24.6. The van der Waals surface area contributed by atoms with Crippen molar-refractivity contribution in [1.29, 1.82) is 0 Å². The lowest BCUT2D eigenvalue weighted by Gasteiger charge is -2.15. The summed E-state index contributed by atoms with van der Waals surface area (Å²) in [6.07, 6.45) is 1.31. The molecule has 1 aliphatic rings. The van der Waals surface area contributed by atoms with E-state index in [0.29, 0.717) is 16.9 Å². The molecule has 1 amide bonds. The second-order valence-corrected chi connectivity index (χ2v) is 7.47. The highest BCUT2D eigenvalue weighted by atomic mass is 19.2. The largest absolute Gasteiger partial charge is 0.497 e. The Hall–Kier alpha value is -4.54. The molecule has 184 valence electrons. The zero-order valence-electron chi connectivity index (χ0n) is 18.6. The van der Waals surface area contributed by atoms with Gasteiger partial charge >= 0.3 is 5.97 Å². The van der Waals surface area contributed by atoms with Crippen molar-refractivity contribution in [2.45, 2.75) is 6.92 Å². The first-order valence-corrected chi connectivity index (χ1v) is 10.2. The molecule has 3 aromatic carbocycles. The molecule has 11 heteroatoms. The predicted octanol–water partition coefficient (Wildman–Crippen LogP) is 5.42. The van der Waals surface area contributed by atoms with Crippen molar-refractivity contribution < 1.29 is 41.0 Å². The van der Waals surface area contributed by atoms with E-state index in [4.69, 9.17) is 9.47 Å². The lowest BCUT2D eigenvalue weighted by atomic mass is 10.1. The summed E-state index contributed by atoms with van der Waals surface area (Å²) in [5.41, 5.74) is -0.921. The molecule has 0 bridgehead atoms. The minimum Gasteiger partial charge on any atom is -0.497 e. The SMILES string of the molecule is COc1ccc(C(=O)Oc2ccc(/C=C3\C(=O)N(c4c(F)c(F)c(F)c(F)c4F)N=C3C)cc2)cc1. The van der Waals surface area contributed by atoms with Crippen LogP contribution >= 0.6 is 0 Å². The van der Waals surface area contributed by atoms with Gasteiger partial charge in [-0.1, -0.05) is 12.1 Å². The van der Waals surface area contributed by atoms with E-state index >= 15 is 0 Å². The average Bonchev–Trinajstić information content (AvgIpc) is 3.15. The molecule has 4 rings (SSSR count). The zero-order chi connectivity index (χ0) is 26.1. The topological polar surface area (TPSA) is 68.2 Å². The van der Waals surface area contributed by atoms with Crippen molar-refractivity contribution in [2.24, 2.45) is 5.10 Å². The molecule has 3 aromatic rings. The van der Waals surface area contributed by atoms with Crippen LogP contribution in [0.25, 0.3) is 6.08 Å². The molecule has 0 N–H and O–H groups in total. The van der Waals surface area contributed by atoms with Crippen molar-refractivity contribution in [1.82, 2.24) is 0 Å². The Labute approximate surface area is 200 Å². The number of nitrogens with zero attached hydrogens (tertiary/aromatic N) is 2. The van der Waals surface area contributed by atoms with E-state index in [1.54, 1.807) is 12.1 Å². The molecule has 0 unspecified atom stereocenters. The number of amides is 1. The van der Waals surface area contributed by atoms with Crippen molar-refractivity contribution in [3.05, 3.63) is 94.3 Å². The van der Waals surface area contributed by atoms with Gasteiger partial charge in [0.1, 0.15) is 17.2 Å². The Morgan fingerprint density at radius 1 is 0.833 bits per heavy atom. The van der Waals surface area contributed by atoms with Crippen molar-refractivity contribution in [3.8, 4) is 11.5 Å². The van der Waals surface area contributed by atoms with E-state index in [0.717, 1.165) is 0 Å². The fourth-order valence-corrected chi connectivity index (χ4v) is 3.31. The Balaban J connectivity index is 1.54. The number of rotatable bonds is 5. The normalized spacial score (nSPS) is 14.3. The number of anilines is 1. The summed E-state index contributed by atoms with van der Waals surface area (Å²) in [6.45, 7) is 1.33. The molecular weight excluding hydrogens is 487 g/mol. The quantitative estimate of drug-likeness (QED) is 0.117. The maximum absolute atomic E-state index is 14.2. The molecule has 0 saturated carbocycles. The van der Waals surface area contributed by atoms with E-state index in [9.17, 15) is 31.5 Å². The summed E-state index contributed by atoms with van der Waals surface area (Å²) in [4.78, 5) is 25.0. The lowest BCUT2D eigenvalue weighted by molar-refractivity contribution is -0.114. The first-order chi connectivity index (χ1) is 17.1. The summed E-state index contributed by atoms with van der Waals surface area (Å²) >= 11 is 0. The van der Waals surface area contributed by atoms with Gasteiger partial charge in [0, 0.05) is 0 Å². The second-order valence-electron chi connectivity index (χ2n) is 7.47. The van der Waals surface area contributed by atoms with Gasteiger partial charge in [0.15, 0.2) is 23.3 Å². The molecule has 0 spiro atoms. The van der Waals surface area contributed by atoms with Gasteiger partial charge < -0.3 is 9.47 Å². The van der Waals surface area contributed by atoms with Crippen LogP contribution in [-0.4, -0.2) is 24.7 Å². The van der Waals surface area contributed by atoms with Crippen LogP contribution in [0.5, 0.6) is 11.5 Å². The molecule has 36 heavy (non-hydrogen) atoms. The number of hydrogen-bond acceptors (Lipinski definition) is 5. The van der Waals surface area contributed by atoms with E-state index < -0.39 is 46.6 Å². The van der Waals surface area contributed by atoms with Crippen LogP contribution in [0, 0.1) is 29.1 Å². The molecule has 0 aliphatic carbocycles. The molecule has 0 saturated heterocycles.